The zero-order valence-corrected chi connectivity index (χ0v) is 24.2. The Labute approximate surface area is 253 Å². The summed E-state index contributed by atoms with van der Waals surface area (Å²) in [5, 5.41) is 19.6. The van der Waals surface area contributed by atoms with Crippen LogP contribution < -0.4 is 22.9 Å². The molecule has 0 aliphatic heterocycles. The Morgan fingerprint density at radius 1 is 0.619 bits per heavy atom. The number of halogens is 2. The number of aliphatic carboxylic acids is 2. The largest absolute Gasteiger partial charge is 0.480 e. The van der Waals surface area contributed by atoms with Gasteiger partial charge in [0.2, 0.25) is 11.9 Å². The minimum Gasteiger partial charge on any atom is -0.480 e. The third-order valence-electron chi connectivity index (χ3n) is 5.51. The third kappa shape index (κ3) is 13.2. The fourth-order valence-corrected chi connectivity index (χ4v) is 3.81. The first-order chi connectivity index (χ1) is 19.9. The first-order valence-electron chi connectivity index (χ1n) is 12.7. The van der Waals surface area contributed by atoms with Crippen molar-refractivity contribution in [2.24, 2.45) is 42.9 Å². The van der Waals surface area contributed by atoms with Gasteiger partial charge in [0.1, 0.15) is 13.1 Å². The maximum absolute atomic E-state index is 11.4. The molecule has 0 spiro atoms. The molecule has 0 unspecified atom stereocenters. The molecule has 0 saturated carbocycles. The van der Waals surface area contributed by atoms with Crippen molar-refractivity contribution < 1.29 is 19.8 Å². The van der Waals surface area contributed by atoms with Crippen LogP contribution in [0.25, 0.3) is 0 Å². The predicted octanol–water partition coefficient (Wildman–Crippen LogP) is 2.55. The van der Waals surface area contributed by atoms with E-state index in [1.807, 2.05) is 0 Å². The number of unbranched alkanes of at least 4 members (excludes halogenated alkanes) is 3. The summed E-state index contributed by atoms with van der Waals surface area (Å²) in [6, 6.07) is 13.2. The van der Waals surface area contributed by atoms with E-state index in [2.05, 4.69) is 20.0 Å². The number of nitrogens with zero attached hydrogens (tertiary/aromatic N) is 6. The van der Waals surface area contributed by atoms with Crippen molar-refractivity contribution in [1.82, 2.24) is 9.80 Å². The summed E-state index contributed by atoms with van der Waals surface area (Å²) in [6.45, 7) is -0.143. The number of carboxylic acid groups (broad SMARTS) is 2. The monoisotopic (exact) mass is 620 g/mol. The average molecular weight is 622 g/mol. The fourth-order valence-electron chi connectivity index (χ4n) is 3.56. The molecule has 0 fully saturated rings. The number of aliphatic imine (C=N–C) groups is 4. The van der Waals surface area contributed by atoms with Crippen LogP contribution in [-0.2, 0) is 9.59 Å². The highest BCUT2D eigenvalue weighted by atomic mass is 35.5. The van der Waals surface area contributed by atoms with Crippen LogP contribution >= 0.6 is 23.2 Å². The second-order valence-electron chi connectivity index (χ2n) is 8.88. The van der Waals surface area contributed by atoms with Crippen molar-refractivity contribution in [2.45, 2.75) is 25.7 Å². The van der Waals surface area contributed by atoms with Crippen LogP contribution in [0, 0.1) is 0 Å². The second kappa shape index (κ2) is 17.3. The lowest BCUT2D eigenvalue weighted by Crippen LogP contribution is -2.42. The molecule has 14 nitrogen and oxygen atoms in total. The van der Waals surface area contributed by atoms with Crippen LogP contribution in [-0.4, -0.2) is 82.0 Å². The van der Waals surface area contributed by atoms with Gasteiger partial charge in [-0.3, -0.25) is 9.59 Å². The lowest BCUT2D eigenvalue weighted by Gasteiger charge is -2.22. The Bertz CT molecular complexity index is 1210. The number of rotatable bonds is 13. The highest BCUT2D eigenvalue weighted by molar-refractivity contribution is 6.30. The number of carbonyl (C=O) groups is 2. The maximum Gasteiger partial charge on any atom is 0.323 e. The molecule has 0 atom stereocenters. The minimum atomic E-state index is -1.08. The van der Waals surface area contributed by atoms with E-state index in [9.17, 15) is 19.8 Å². The molecule has 0 heterocycles. The van der Waals surface area contributed by atoms with E-state index in [0.29, 0.717) is 60.2 Å². The fraction of sp³-hybridized carbons (Fsp3) is 0.308. The van der Waals surface area contributed by atoms with E-state index in [1.54, 1.807) is 48.5 Å². The van der Waals surface area contributed by atoms with E-state index >= 15 is 0 Å². The normalized spacial score (nSPS) is 12.7. The molecule has 10 N–H and O–H groups in total. The first-order valence-corrected chi connectivity index (χ1v) is 13.5. The quantitative estimate of drug-likeness (QED) is 0.109. The van der Waals surface area contributed by atoms with E-state index in [-0.39, 0.29) is 36.9 Å². The molecule has 0 amide bonds. The van der Waals surface area contributed by atoms with Crippen molar-refractivity contribution in [1.29, 1.82) is 0 Å². The average Bonchev–Trinajstić information content (AvgIpc) is 2.91. The summed E-state index contributed by atoms with van der Waals surface area (Å²) < 4.78 is 0. The standard InChI is InChI=1S/C26H34Cl2N10O4/c27-17-5-9-19(10-6-17)33-23(29)35-25(31)37(15-21(39)40)13-3-1-2-4-14-38(16-22(41)42)26(32)36-24(30)34-20-11-7-18(28)8-12-20/h5-12H,1-4,13-16H2,(H,39,40)(H,41,42)(H4,29,31,33,35)(H4,30,32,34,36). The maximum atomic E-state index is 11.4. The smallest absolute Gasteiger partial charge is 0.323 e. The van der Waals surface area contributed by atoms with Crippen LogP contribution in [0.1, 0.15) is 25.7 Å². The summed E-state index contributed by atoms with van der Waals surface area (Å²) in [5.74, 6) is -2.61. The number of hydrogen-bond donors (Lipinski definition) is 6. The summed E-state index contributed by atoms with van der Waals surface area (Å²) in [4.78, 5) is 41.8. The van der Waals surface area contributed by atoms with Crippen molar-refractivity contribution >= 4 is 70.4 Å². The molecule has 226 valence electrons. The highest BCUT2D eigenvalue weighted by Gasteiger charge is 2.14. The molecular formula is C26H34Cl2N10O4. The zero-order chi connectivity index (χ0) is 31.1. The van der Waals surface area contributed by atoms with Crippen molar-refractivity contribution in [3.05, 3.63) is 58.6 Å². The van der Waals surface area contributed by atoms with Gasteiger partial charge in [-0.25, -0.2) is 9.98 Å². The lowest BCUT2D eigenvalue weighted by molar-refractivity contribution is -0.138. The molecule has 42 heavy (non-hydrogen) atoms. The highest BCUT2D eigenvalue weighted by Crippen LogP contribution is 2.17. The number of guanidine groups is 4. The first kappa shape index (κ1) is 33.6. The molecule has 0 aromatic heterocycles. The van der Waals surface area contributed by atoms with E-state index in [0.717, 1.165) is 0 Å². The molecule has 0 aliphatic carbocycles. The van der Waals surface area contributed by atoms with Crippen LogP contribution in [0.4, 0.5) is 11.4 Å². The van der Waals surface area contributed by atoms with Gasteiger partial charge in [0.05, 0.1) is 11.4 Å². The molecule has 2 rings (SSSR count). The molecular weight excluding hydrogens is 587 g/mol. The van der Waals surface area contributed by atoms with Crippen LogP contribution in [0.5, 0.6) is 0 Å². The zero-order valence-electron chi connectivity index (χ0n) is 22.7. The molecule has 2 aromatic rings. The topological polar surface area (TPSA) is 235 Å². The Kier molecular flexibility index (Phi) is 13.9. The van der Waals surface area contributed by atoms with Crippen LogP contribution in [0.2, 0.25) is 10.0 Å². The van der Waals surface area contributed by atoms with Crippen LogP contribution in [0.3, 0.4) is 0 Å². The lowest BCUT2D eigenvalue weighted by atomic mass is 10.2. The molecule has 0 bridgehead atoms. The second-order valence-corrected chi connectivity index (χ2v) is 9.75. The Morgan fingerprint density at radius 2 is 0.952 bits per heavy atom. The number of benzene rings is 2. The van der Waals surface area contributed by atoms with Crippen molar-refractivity contribution in [2.75, 3.05) is 26.2 Å². The van der Waals surface area contributed by atoms with Gasteiger partial charge in [-0.15, -0.1) is 0 Å². The SMILES string of the molecule is NC(=Nc1ccc(Cl)cc1)N=C(N)N(CCCCCCN(CC(=O)O)C(N)=NC(N)=Nc1ccc(Cl)cc1)CC(=O)O. The number of nitrogens with two attached hydrogens (primary N) is 4. The van der Waals surface area contributed by atoms with Gasteiger partial charge in [-0.2, -0.15) is 9.98 Å². The third-order valence-corrected chi connectivity index (χ3v) is 6.01. The van der Waals surface area contributed by atoms with E-state index < -0.39 is 11.9 Å². The Morgan fingerprint density at radius 3 is 1.26 bits per heavy atom. The van der Waals surface area contributed by atoms with Gasteiger partial charge in [0, 0.05) is 23.1 Å². The summed E-state index contributed by atoms with van der Waals surface area (Å²) in [5.41, 5.74) is 24.8. The minimum absolute atomic E-state index is 0.0814. The van der Waals surface area contributed by atoms with Gasteiger partial charge in [0.15, 0.2) is 11.9 Å². The number of hydrogen-bond acceptors (Lipinski definition) is 4. The Balaban J connectivity index is 1.91. The van der Waals surface area contributed by atoms with Crippen molar-refractivity contribution in [3.63, 3.8) is 0 Å². The molecule has 2 aromatic carbocycles. The van der Waals surface area contributed by atoms with Gasteiger partial charge in [-0.05, 0) is 61.4 Å². The van der Waals surface area contributed by atoms with Crippen LogP contribution in [0.15, 0.2) is 68.5 Å². The molecule has 0 aliphatic rings. The predicted molar refractivity (Wildman–Crippen MR) is 166 cm³/mol. The summed E-state index contributed by atoms with van der Waals surface area (Å²) >= 11 is 11.7. The van der Waals surface area contributed by atoms with Gasteiger partial charge < -0.3 is 42.9 Å². The van der Waals surface area contributed by atoms with E-state index in [4.69, 9.17) is 46.1 Å². The number of carboxylic acids is 2. The van der Waals surface area contributed by atoms with E-state index in [1.165, 1.54) is 9.80 Å². The Hall–Kier alpha value is -4.56. The van der Waals surface area contributed by atoms with Gasteiger partial charge in [-0.1, -0.05) is 36.0 Å². The molecule has 16 heteroatoms. The van der Waals surface area contributed by atoms with Crippen molar-refractivity contribution in [3.8, 4) is 0 Å². The summed E-state index contributed by atoms with van der Waals surface area (Å²) in [6.07, 6.45) is 2.55. The summed E-state index contributed by atoms with van der Waals surface area (Å²) in [7, 11) is 0. The van der Waals surface area contributed by atoms with Gasteiger partial charge >= 0.3 is 11.9 Å². The van der Waals surface area contributed by atoms with Gasteiger partial charge in [0.25, 0.3) is 0 Å². The molecule has 0 saturated heterocycles. The molecule has 0 radical (unpaired) electrons.